The molecule has 0 spiro atoms. The molecule has 0 bridgehead atoms. The molecule has 0 saturated carbocycles. The number of benzene rings is 1. The number of anilines is 1. The first kappa shape index (κ1) is 10.9. The van der Waals surface area contributed by atoms with E-state index in [9.17, 15) is 4.39 Å². The zero-order chi connectivity index (χ0) is 11.5. The summed E-state index contributed by atoms with van der Waals surface area (Å²) in [7, 11) is 0. The molecule has 0 fully saturated rings. The van der Waals surface area contributed by atoms with Gasteiger partial charge in [-0.2, -0.15) is 4.98 Å². The van der Waals surface area contributed by atoms with E-state index in [-0.39, 0.29) is 5.82 Å². The molecule has 82 valence electrons. The molecule has 0 atom stereocenters. The van der Waals surface area contributed by atoms with Crippen LogP contribution in [0.25, 0.3) is 0 Å². The molecule has 2 rings (SSSR count). The van der Waals surface area contributed by atoms with Gasteiger partial charge in [-0.05, 0) is 34.1 Å². The van der Waals surface area contributed by atoms with E-state index < -0.39 is 0 Å². The summed E-state index contributed by atoms with van der Waals surface area (Å²) in [6, 6.07) is 9.49. The van der Waals surface area contributed by atoms with Crippen LogP contribution in [0, 0.1) is 5.82 Å². The Hall–Kier alpha value is -1.62. The molecule has 0 saturated heterocycles. The van der Waals surface area contributed by atoms with Gasteiger partial charge in [0.15, 0.2) is 0 Å². The van der Waals surface area contributed by atoms with Crippen LogP contribution in [0.3, 0.4) is 0 Å². The standard InChI is InChI=1S/C11H8BrFN2O/c12-8-5-4-7(6-9(8)13)16-11-3-1-2-10(14)15-11/h1-6H,(H2,14,15). The second-order valence-corrected chi connectivity index (χ2v) is 3.93. The second-order valence-electron chi connectivity index (χ2n) is 3.08. The number of halogens is 2. The summed E-state index contributed by atoms with van der Waals surface area (Å²) < 4.78 is 18.9. The number of ether oxygens (including phenoxy) is 1. The molecule has 0 amide bonds. The molecule has 2 aromatic rings. The summed E-state index contributed by atoms with van der Waals surface area (Å²) >= 11 is 3.06. The Labute approximate surface area is 100 Å². The van der Waals surface area contributed by atoms with Crippen molar-refractivity contribution in [2.24, 2.45) is 0 Å². The molecule has 1 aromatic heterocycles. The minimum atomic E-state index is -0.388. The van der Waals surface area contributed by atoms with Crippen LogP contribution in [0.2, 0.25) is 0 Å². The Kier molecular flexibility index (Phi) is 3.05. The van der Waals surface area contributed by atoms with Crippen LogP contribution in [0.1, 0.15) is 0 Å². The number of aromatic nitrogens is 1. The molecule has 0 aliphatic carbocycles. The van der Waals surface area contributed by atoms with E-state index in [0.29, 0.717) is 21.9 Å². The largest absolute Gasteiger partial charge is 0.439 e. The van der Waals surface area contributed by atoms with E-state index in [1.165, 1.54) is 6.07 Å². The van der Waals surface area contributed by atoms with Crippen LogP contribution in [0.4, 0.5) is 10.2 Å². The van der Waals surface area contributed by atoms with Crippen molar-refractivity contribution >= 4 is 21.7 Å². The van der Waals surface area contributed by atoms with E-state index in [4.69, 9.17) is 10.5 Å². The predicted molar refractivity (Wildman–Crippen MR) is 62.8 cm³/mol. The van der Waals surface area contributed by atoms with Crippen molar-refractivity contribution in [1.82, 2.24) is 4.98 Å². The van der Waals surface area contributed by atoms with Crippen LogP contribution in [-0.2, 0) is 0 Å². The van der Waals surface area contributed by atoms with E-state index in [1.54, 1.807) is 30.3 Å². The van der Waals surface area contributed by atoms with Gasteiger partial charge in [0, 0.05) is 12.1 Å². The van der Waals surface area contributed by atoms with Gasteiger partial charge in [-0.1, -0.05) is 6.07 Å². The van der Waals surface area contributed by atoms with Crippen molar-refractivity contribution in [3.63, 3.8) is 0 Å². The summed E-state index contributed by atoms with van der Waals surface area (Å²) in [5.41, 5.74) is 5.49. The lowest BCUT2D eigenvalue weighted by Crippen LogP contribution is -1.93. The van der Waals surface area contributed by atoms with Crippen LogP contribution in [0.5, 0.6) is 11.6 Å². The number of hydrogen-bond acceptors (Lipinski definition) is 3. The lowest BCUT2D eigenvalue weighted by molar-refractivity contribution is 0.458. The average Bonchev–Trinajstić information content (AvgIpc) is 2.24. The fourth-order valence-electron chi connectivity index (χ4n) is 1.15. The summed E-state index contributed by atoms with van der Waals surface area (Å²) in [5, 5.41) is 0. The Balaban J connectivity index is 2.24. The number of pyridine rings is 1. The van der Waals surface area contributed by atoms with Crippen molar-refractivity contribution in [2.45, 2.75) is 0 Å². The van der Waals surface area contributed by atoms with Crippen molar-refractivity contribution < 1.29 is 9.13 Å². The molecule has 16 heavy (non-hydrogen) atoms. The molecule has 5 heteroatoms. The predicted octanol–water partition coefficient (Wildman–Crippen LogP) is 3.36. The Morgan fingerprint density at radius 3 is 2.75 bits per heavy atom. The smallest absolute Gasteiger partial charge is 0.221 e. The monoisotopic (exact) mass is 282 g/mol. The first-order chi connectivity index (χ1) is 7.65. The first-order valence-electron chi connectivity index (χ1n) is 4.50. The summed E-state index contributed by atoms with van der Waals surface area (Å²) in [5.74, 6) is 0.678. The molecule has 0 radical (unpaired) electrons. The topological polar surface area (TPSA) is 48.1 Å². The Bertz CT molecular complexity index is 519. The summed E-state index contributed by atoms with van der Waals surface area (Å²) in [6.07, 6.45) is 0. The van der Waals surface area contributed by atoms with Crippen LogP contribution < -0.4 is 10.5 Å². The highest BCUT2D eigenvalue weighted by Crippen LogP contribution is 2.24. The number of nitrogens with two attached hydrogens (primary N) is 1. The molecular weight excluding hydrogens is 275 g/mol. The number of nitrogens with zero attached hydrogens (tertiary/aromatic N) is 1. The summed E-state index contributed by atoms with van der Waals surface area (Å²) in [6.45, 7) is 0. The normalized spacial score (nSPS) is 10.1. The van der Waals surface area contributed by atoms with Crippen LogP contribution >= 0.6 is 15.9 Å². The molecule has 0 unspecified atom stereocenters. The highest BCUT2D eigenvalue weighted by molar-refractivity contribution is 9.10. The van der Waals surface area contributed by atoms with Crippen molar-refractivity contribution in [1.29, 1.82) is 0 Å². The number of rotatable bonds is 2. The Morgan fingerprint density at radius 1 is 1.25 bits per heavy atom. The maximum absolute atomic E-state index is 13.2. The zero-order valence-corrected chi connectivity index (χ0v) is 9.74. The first-order valence-corrected chi connectivity index (χ1v) is 5.30. The Morgan fingerprint density at radius 2 is 2.06 bits per heavy atom. The lowest BCUT2D eigenvalue weighted by Gasteiger charge is -2.05. The second kappa shape index (κ2) is 4.49. The van der Waals surface area contributed by atoms with Crippen molar-refractivity contribution in [3.05, 3.63) is 46.7 Å². The molecule has 0 aliphatic rings. The van der Waals surface area contributed by atoms with Crippen LogP contribution in [0.15, 0.2) is 40.9 Å². The molecular formula is C11H8BrFN2O. The molecule has 1 aromatic carbocycles. The number of nitrogen functional groups attached to an aromatic ring is 1. The third-order valence-corrected chi connectivity index (χ3v) is 2.50. The maximum atomic E-state index is 13.2. The van der Waals surface area contributed by atoms with Crippen molar-refractivity contribution in [2.75, 3.05) is 5.73 Å². The van der Waals surface area contributed by atoms with Gasteiger partial charge in [-0.3, -0.25) is 0 Å². The van der Waals surface area contributed by atoms with Gasteiger partial charge in [-0.15, -0.1) is 0 Å². The van der Waals surface area contributed by atoms with Gasteiger partial charge < -0.3 is 10.5 Å². The van der Waals surface area contributed by atoms with Gasteiger partial charge in [-0.25, -0.2) is 4.39 Å². The van der Waals surface area contributed by atoms with Gasteiger partial charge in [0.25, 0.3) is 0 Å². The van der Waals surface area contributed by atoms with E-state index in [0.717, 1.165) is 0 Å². The van der Waals surface area contributed by atoms with Gasteiger partial charge >= 0.3 is 0 Å². The number of hydrogen-bond donors (Lipinski definition) is 1. The molecule has 1 heterocycles. The average molecular weight is 283 g/mol. The fraction of sp³-hybridized carbons (Fsp3) is 0. The van der Waals surface area contributed by atoms with Crippen LogP contribution in [-0.4, -0.2) is 4.98 Å². The van der Waals surface area contributed by atoms with E-state index in [2.05, 4.69) is 20.9 Å². The summed E-state index contributed by atoms with van der Waals surface area (Å²) in [4.78, 5) is 3.94. The lowest BCUT2D eigenvalue weighted by atomic mass is 10.3. The van der Waals surface area contributed by atoms with Gasteiger partial charge in [0.05, 0.1) is 4.47 Å². The van der Waals surface area contributed by atoms with E-state index >= 15 is 0 Å². The third-order valence-electron chi connectivity index (χ3n) is 1.86. The van der Waals surface area contributed by atoms with Crippen molar-refractivity contribution in [3.8, 4) is 11.6 Å². The van der Waals surface area contributed by atoms with Gasteiger partial charge in [0.2, 0.25) is 5.88 Å². The SMILES string of the molecule is Nc1cccc(Oc2ccc(Br)c(F)c2)n1. The van der Waals surface area contributed by atoms with E-state index in [1.807, 2.05) is 0 Å². The zero-order valence-electron chi connectivity index (χ0n) is 8.15. The highest BCUT2D eigenvalue weighted by atomic mass is 79.9. The van der Waals surface area contributed by atoms with Gasteiger partial charge in [0.1, 0.15) is 17.4 Å². The quantitative estimate of drug-likeness (QED) is 0.919. The molecule has 2 N–H and O–H groups in total. The highest BCUT2D eigenvalue weighted by Gasteiger charge is 2.03. The maximum Gasteiger partial charge on any atom is 0.221 e. The minimum Gasteiger partial charge on any atom is -0.439 e. The fourth-order valence-corrected chi connectivity index (χ4v) is 1.40. The minimum absolute atomic E-state index is 0.335. The third kappa shape index (κ3) is 2.49. The molecule has 3 nitrogen and oxygen atoms in total. The molecule has 0 aliphatic heterocycles.